The molecule has 0 radical (unpaired) electrons. The van der Waals surface area contributed by atoms with Gasteiger partial charge in [0.1, 0.15) is 5.82 Å². The summed E-state index contributed by atoms with van der Waals surface area (Å²) in [6.07, 6.45) is 0. The molecule has 144 valence electrons. The second-order valence-electron chi connectivity index (χ2n) is 5.95. The third kappa shape index (κ3) is 4.83. The van der Waals surface area contributed by atoms with Crippen LogP contribution in [0.2, 0.25) is 0 Å². The molecule has 0 bridgehead atoms. The van der Waals surface area contributed by atoms with Crippen molar-refractivity contribution in [1.82, 2.24) is 4.98 Å². The van der Waals surface area contributed by atoms with E-state index in [0.717, 1.165) is 33.3 Å². The Kier molecular flexibility index (Phi) is 7.88. The Morgan fingerprint density at radius 2 is 1.25 bits per heavy atom. The summed E-state index contributed by atoms with van der Waals surface area (Å²) in [7, 11) is 0. The number of para-hydroxylation sites is 1. The molecule has 0 saturated heterocycles. The molecule has 0 atom stereocenters. The Balaban J connectivity index is 0.000000660. The number of fused-ring (bicyclic) bond motifs is 1. The Hall–Kier alpha value is -3.00. The summed E-state index contributed by atoms with van der Waals surface area (Å²) in [6, 6.07) is 25.1. The monoisotopic (exact) mass is 373 g/mol. The fourth-order valence-electron chi connectivity index (χ4n) is 2.89. The number of nitrogens with zero attached hydrogens (tertiary/aromatic N) is 1. The number of aryl methyl sites for hydroxylation is 1. The van der Waals surface area contributed by atoms with Crippen LogP contribution in [0.4, 0.5) is 4.39 Å². The van der Waals surface area contributed by atoms with Gasteiger partial charge in [0.15, 0.2) is 0 Å². The molecule has 4 aromatic rings. The molecule has 2 heteroatoms. The second-order valence-corrected chi connectivity index (χ2v) is 5.95. The van der Waals surface area contributed by atoms with Gasteiger partial charge in [-0.1, -0.05) is 93.9 Å². The van der Waals surface area contributed by atoms with E-state index >= 15 is 0 Å². The van der Waals surface area contributed by atoms with Crippen LogP contribution in [0.15, 0.2) is 78.9 Å². The number of benzene rings is 3. The van der Waals surface area contributed by atoms with Crippen LogP contribution in [0, 0.1) is 12.7 Å². The van der Waals surface area contributed by atoms with E-state index in [4.69, 9.17) is 4.98 Å². The largest absolute Gasteiger partial charge is 0.247 e. The van der Waals surface area contributed by atoms with Gasteiger partial charge in [-0.3, -0.25) is 0 Å². The van der Waals surface area contributed by atoms with Crippen molar-refractivity contribution < 1.29 is 4.39 Å². The molecule has 0 fully saturated rings. The molecule has 0 saturated carbocycles. The van der Waals surface area contributed by atoms with Crippen molar-refractivity contribution in [2.45, 2.75) is 34.6 Å². The second kappa shape index (κ2) is 10.4. The third-order valence-corrected chi connectivity index (χ3v) is 4.22. The lowest BCUT2D eigenvalue weighted by atomic mass is 10.0. The van der Waals surface area contributed by atoms with E-state index in [2.05, 4.69) is 37.3 Å². The lowest BCUT2D eigenvalue weighted by molar-refractivity contribution is 0.628. The van der Waals surface area contributed by atoms with E-state index in [0.29, 0.717) is 0 Å². The van der Waals surface area contributed by atoms with Gasteiger partial charge in [-0.2, -0.15) is 0 Å². The van der Waals surface area contributed by atoms with E-state index in [1.54, 1.807) is 12.1 Å². The van der Waals surface area contributed by atoms with Crippen molar-refractivity contribution in [2.75, 3.05) is 0 Å². The average molecular weight is 374 g/mol. The molecule has 4 rings (SSSR count). The molecule has 0 unspecified atom stereocenters. The average Bonchev–Trinajstić information content (AvgIpc) is 2.77. The Labute approximate surface area is 167 Å². The smallest absolute Gasteiger partial charge is 0.123 e. The first-order valence-corrected chi connectivity index (χ1v) is 9.93. The molecule has 0 amide bonds. The summed E-state index contributed by atoms with van der Waals surface area (Å²) in [6.45, 7) is 10.1. The molecule has 1 aromatic heterocycles. The maximum Gasteiger partial charge on any atom is 0.123 e. The lowest BCUT2D eigenvalue weighted by Gasteiger charge is -2.09. The van der Waals surface area contributed by atoms with Crippen molar-refractivity contribution in [2.24, 2.45) is 0 Å². The zero-order chi connectivity index (χ0) is 20.5. The third-order valence-electron chi connectivity index (χ3n) is 4.22. The number of halogens is 1. The molecule has 0 aliphatic heterocycles. The SMILES string of the molecule is CC.CC.Cc1ccc(-c2ccc3cccc(-c4ccc(F)cc4)c3n2)cc1. The van der Waals surface area contributed by atoms with Crippen molar-refractivity contribution in [1.29, 1.82) is 0 Å². The standard InChI is InChI=1S/C22H16FN.2C2H6/c1-15-5-7-17(8-6-15)21-14-11-18-3-2-4-20(22(18)24-21)16-9-12-19(23)13-10-16;2*1-2/h2-14H,1H3;2*1-2H3. The predicted octanol–water partition coefficient (Wildman–Crippen LogP) is 8.07. The summed E-state index contributed by atoms with van der Waals surface area (Å²) in [5, 5.41) is 1.08. The topological polar surface area (TPSA) is 12.9 Å². The summed E-state index contributed by atoms with van der Waals surface area (Å²) in [4.78, 5) is 4.88. The predicted molar refractivity (Wildman–Crippen MR) is 120 cm³/mol. The van der Waals surface area contributed by atoms with Gasteiger partial charge >= 0.3 is 0 Å². The molecule has 1 nitrogen and oxygen atoms in total. The van der Waals surface area contributed by atoms with Crippen LogP contribution in [0.5, 0.6) is 0 Å². The summed E-state index contributed by atoms with van der Waals surface area (Å²) >= 11 is 0. The van der Waals surface area contributed by atoms with E-state index < -0.39 is 0 Å². The van der Waals surface area contributed by atoms with Gasteiger partial charge in [0, 0.05) is 16.5 Å². The number of hydrogen-bond acceptors (Lipinski definition) is 1. The van der Waals surface area contributed by atoms with Crippen LogP contribution in [-0.2, 0) is 0 Å². The minimum absolute atomic E-state index is 0.229. The number of pyridine rings is 1. The van der Waals surface area contributed by atoms with Crippen LogP contribution in [0.3, 0.4) is 0 Å². The minimum Gasteiger partial charge on any atom is -0.247 e. The van der Waals surface area contributed by atoms with E-state index in [1.807, 2.05) is 52.0 Å². The molecule has 3 aromatic carbocycles. The highest BCUT2D eigenvalue weighted by Gasteiger charge is 2.07. The van der Waals surface area contributed by atoms with Gasteiger partial charge in [0.05, 0.1) is 11.2 Å². The maximum absolute atomic E-state index is 13.2. The molecule has 0 spiro atoms. The Morgan fingerprint density at radius 3 is 1.89 bits per heavy atom. The highest BCUT2D eigenvalue weighted by Crippen LogP contribution is 2.29. The van der Waals surface area contributed by atoms with Gasteiger partial charge in [-0.05, 0) is 30.7 Å². The minimum atomic E-state index is -0.229. The quantitative estimate of drug-likeness (QED) is 0.346. The van der Waals surface area contributed by atoms with E-state index in [-0.39, 0.29) is 5.82 Å². The van der Waals surface area contributed by atoms with Gasteiger partial charge < -0.3 is 0 Å². The number of hydrogen-bond donors (Lipinski definition) is 0. The van der Waals surface area contributed by atoms with Gasteiger partial charge in [0.2, 0.25) is 0 Å². The normalized spacial score (nSPS) is 9.79. The van der Waals surface area contributed by atoms with Crippen LogP contribution in [0.1, 0.15) is 33.3 Å². The van der Waals surface area contributed by atoms with Crippen LogP contribution in [0.25, 0.3) is 33.3 Å². The molecule has 1 heterocycles. The fourth-order valence-corrected chi connectivity index (χ4v) is 2.89. The zero-order valence-corrected chi connectivity index (χ0v) is 17.3. The van der Waals surface area contributed by atoms with Gasteiger partial charge in [-0.25, -0.2) is 9.37 Å². The summed E-state index contributed by atoms with van der Waals surface area (Å²) in [5.41, 5.74) is 6.18. The number of aromatic nitrogens is 1. The zero-order valence-electron chi connectivity index (χ0n) is 17.3. The lowest BCUT2D eigenvalue weighted by Crippen LogP contribution is -1.89. The highest BCUT2D eigenvalue weighted by molar-refractivity contribution is 5.94. The summed E-state index contributed by atoms with van der Waals surface area (Å²) in [5.74, 6) is -0.229. The van der Waals surface area contributed by atoms with Gasteiger partial charge in [-0.15, -0.1) is 0 Å². The first kappa shape index (κ1) is 21.3. The molecule has 0 aliphatic rings. The van der Waals surface area contributed by atoms with Crippen molar-refractivity contribution in [3.63, 3.8) is 0 Å². The Bertz CT molecular complexity index is 1000. The maximum atomic E-state index is 13.2. The fraction of sp³-hybridized carbons (Fsp3) is 0.192. The van der Waals surface area contributed by atoms with E-state index in [1.165, 1.54) is 17.7 Å². The molecular weight excluding hydrogens is 345 g/mol. The Morgan fingerprint density at radius 1 is 0.643 bits per heavy atom. The van der Waals surface area contributed by atoms with Crippen molar-refractivity contribution >= 4 is 10.9 Å². The van der Waals surface area contributed by atoms with E-state index in [9.17, 15) is 4.39 Å². The first-order valence-electron chi connectivity index (χ1n) is 9.93. The van der Waals surface area contributed by atoms with Crippen LogP contribution < -0.4 is 0 Å². The summed E-state index contributed by atoms with van der Waals surface area (Å²) < 4.78 is 13.2. The van der Waals surface area contributed by atoms with Crippen molar-refractivity contribution in [3.8, 4) is 22.4 Å². The highest BCUT2D eigenvalue weighted by atomic mass is 19.1. The van der Waals surface area contributed by atoms with Gasteiger partial charge in [0.25, 0.3) is 0 Å². The molecule has 0 aliphatic carbocycles. The molecule has 28 heavy (non-hydrogen) atoms. The number of rotatable bonds is 2. The van der Waals surface area contributed by atoms with Crippen molar-refractivity contribution in [3.05, 3.63) is 90.2 Å². The first-order chi connectivity index (χ1) is 13.7. The van der Waals surface area contributed by atoms with Crippen LogP contribution >= 0.6 is 0 Å². The molecular formula is C26H28FN. The molecule has 0 N–H and O–H groups in total. The van der Waals surface area contributed by atoms with Crippen LogP contribution in [-0.4, -0.2) is 4.98 Å².